The van der Waals surface area contributed by atoms with Crippen LogP contribution in [0.4, 0.5) is 17.1 Å². The SMILES string of the molecule is CC(=O)C1C(=O)Nc2cc([N+](=O)[O-])c(NC(=O)c3ccncc3)cc21. The number of carbonyl (C=O) groups excluding carboxylic acids is 3. The van der Waals surface area contributed by atoms with Gasteiger partial charge in [-0.3, -0.25) is 29.5 Å². The van der Waals surface area contributed by atoms with Gasteiger partial charge in [0.15, 0.2) is 0 Å². The first kappa shape index (κ1) is 16.2. The molecule has 0 spiro atoms. The van der Waals surface area contributed by atoms with Gasteiger partial charge in [0.1, 0.15) is 17.4 Å². The highest BCUT2D eigenvalue weighted by Gasteiger charge is 2.36. The third-order valence-corrected chi connectivity index (χ3v) is 3.79. The number of hydrogen-bond acceptors (Lipinski definition) is 6. The molecule has 1 unspecified atom stereocenters. The van der Waals surface area contributed by atoms with Crippen molar-refractivity contribution in [3.8, 4) is 0 Å². The number of ketones is 1. The Balaban J connectivity index is 2.04. The molecule has 25 heavy (non-hydrogen) atoms. The monoisotopic (exact) mass is 340 g/mol. The lowest BCUT2D eigenvalue weighted by Crippen LogP contribution is -2.18. The number of benzene rings is 1. The number of nitro groups is 1. The van der Waals surface area contributed by atoms with Crippen LogP contribution in [0.2, 0.25) is 0 Å². The van der Waals surface area contributed by atoms with Crippen molar-refractivity contribution in [3.05, 3.63) is 57.9 Å². The molecule has 0 aliphatic carbocycles. The quantitative estimate of drug-likeness (QED) is 0.496. The van der Waals surface area contributed by atoms with Crippen molar-refractivity contribution in [2.45, 2.75) is 12.8 Å². The number of nitrogens with zero attached hydrogens (tertiary/aromatic N) is 2. The number of rotatable bonds is 4. The number of aromatic nitrogens is 1. The molecule has 9 nitrogen and oxygen atoms in total. The molecule has 2 aromatic rings. The molecule has 9 heteroatoms. The van der Waals surface area contributed by atoms with Crippen molar-refractivity contribution in [1.82, 2.24) is 4.98 Å². The topological polar surface area (TPSA) is 131 Å². The smallest absolute Gasteiger partial charge is 0.294 e. The lowest BCUT2D eigenvalue weighted by Gasteiger charge is -2.10. The third kappa shape index (κ3) is 2.94. The van der Waals surface area contributed by atoms with Gasteiger partial charge in [-0.15, -0.1) is 0 Å². The van der Waals surface area contributed by atoms with Gasteiger partial charge in [0.05, 0.1) is 10.6 Å². The Kier molecular flexibility index (Phi) is 3.97. The second-order valence-corrected chi connectivity index (χ2v) is 5.44. The van der Waals surface area contributed by atoms with Crippen LogP contribution in [0.1, 0.15) is 28.8 Å². The van der Waals surface area contributed by atoms with Crippen LogP contribution in [0, 0.1) is 10.1 Å². The minimum absolute atomic E-state index is 0.0895. The highest BCUT2D eigenvalue weighted by Crippen LogP contribution is 2.40. The van der Waals surface area contributed by atoms with E-state index < -0.39 is 28.4 Å². The molecule has 0 saturated carbocycles. The largest absolute Gasteiger partial charge is 0.325 e. The van der Waals surface area contributed by atoms with Crippen LogP contribution < -0.4 is 10.6 Å². The van der Waals surface area contributed by atoms with Crippen molar-refractivity contribution >= 4 is 34.7 Å². The maximum absolute atomic E-state index is 12.3. The van der Waals surface area contributed by atoms with Gasteiger partial charge in [-0.1, -0.05) is 0 Å². The Morgan fingerprint density at radius 2 is 1.96 bits per heavy atom. The van der Waals surface area contributed by atoms with Crippen molar-refractivity contribution in [1.29, 1.82) is 0 Å². The highest BCUT2D eigenvalue weighted by molar-refractivity contribution is 6.17. The molecule has 1 aromatic heterocycles. The van der Waals surface area contributed by atoms with E-state index in [-0.39, 0.29) is 22.6 Å². The standard InChI is InChI=1S/C16H12N4O5/c1-8(21)14-10-6-12(19-15(22)9-2-4-17-5-3-9)13(20(24)25)7-11(10)18-16(14)23/h2-7,14H,1H3,(H,18,23)(H,19,22). The molecule has 1 aliphatic heterocycles. The van der Waals surface area contributed by atoms with E-state index in [4.69, 9.17) is 0 Å². The maximum atomic E-state index is 12.3. The van der Waals surface area contributed by atoms with E-state index in [1.165, 1.54) is 37.5 Å². The molecule has 1 aromatic carbocycles. The molecule has 1 aliphatic rings. The van der Waals surface area contributed by atoms with Gasteiger partial charge in [0.25, 0.3) is 11.6 Å². The van der Waals surface area contributed by atoms with Crippen LogP contribution in [0.15, 0.2) is 36.7 Å². The third-order valence-electron chi connectivity index (χ3n) is 3.79. The predicted octanol–water partition coefficient (Wildman–Crippen LogP) is 1.87. The zero-order valence-electron chi connectivity index (χ0n) is 13.0. The minimum Gasteiger partial charge on any atom is -0.325 e. The molecule has 126 valence electrons. The van der Waals surface area contributed by atoms with Crippen LogP contribution in [-0.4, -0.2) is 27.5 Å². The Morgan fingerprint density at radius 3 is 2.56 bits per heavy atom. The number of fused-ring (bicyclic) bond motifs is 1. The molecule has 3 rings (SSSR count). The number of nitro benzene ring substituents is 1. The number of Topliss-reactive ketones (excluding diaryl/α,β-unsaturated/α-hetero) is 1. The lowest BCUT2D eigenvalue weighted by molar-refractivity contribution is -0.383. The van der Waals surface area contributed by atoms with Gasteiger partial charge in [-0.25, -0.2) is 0 Å². The molecule has 0 radical (unpaired) electrons. The van der Waals surface area contributed by atoms with Crippen LogP contribution in [0.5, 0.6) is 0 Å². The van der Waals surface area contributed by atoms with Crippen LogP contribution >= 0.6 is 0 Å². The number of carbonyl (C=O) groups is 3. The van der Waals surface area contributed by atoms with Crippen molar-refractivity contribution < 1.29 is 19.3 Å². The molecule has 0 fully saturated rings. The second kappa shape index (κ2) is 6.11. The van der Waals surface area contributed by atoms with E-state index in [0.717, 1.165) is 6.07 Å². The summed E-state index contributed by atoms with van der Waals surface area (Å²) in [4.78, 5) is 50.3. The average molecular weight is 340 g/mol. The van der Waals surface area contributed by atoms with Gasteiger partial charge in [-0.05, 0) is 30.7 Å². The zero-order valence-corrected chi connectivity index (χ0v) is 13.0. The Labute approximate surface area is 141 Å². The molecule has 1 atom stereocenters. The maximum Gasteiger partial charge on any atom is 0.294 e. The molecular formula is C16H12N4O5. The van der Waals surface area contributed by atoms with E-state index in [9.17, 15) is 24.5 Å². The van der Waals surface area contributed by atoms with Gasteiger partial charge in [0, 0.05) is 24.0 Å². The number of nitrogens with one attached hydrogen (secondary N) is 2. The zero-order chi connectivity index (χ0) is 18.1. The van der Waals surface area contributed by atoms with E-state index >= 15 is 0 Å². The molecule has 0 bridgehead atoms. The number of pyridine rings is 1. The predicted molar refractivity (Wildman–Crippen MR) is 87.3 cm³/mol. The molecule has 2 heterocycles. The summed E-state index contributed by atoms with van der Waals surface area (Å²) in [6.07, 6.45) is 2.83. The van der Waals surface area contributed by atoms with E-state index in [2.05, 4.69) is 15.6 Å². The number of anilines is 2. The first-order chi connectivity index (χ1) is 11.9. The minimum atomic E-state index is -1.05. The van der Waals surface area contributed by atoms with Crippen LogP contribution in [-0.2, 0) is 9.59 Å². The molecule has 0 saturated heterocycles. The highest BCUT2D eigenvalue weighted by atomic mass is 16.6. The average Bonchev–Trinajstić information content (AvgIpc) is 2.89. The van der Waals surface area contributed by atoms with Crippen molar-refractivity contribution in [3.63, 3.8) is 0 Å². The normalized spacial score (nSPS) is 15.2. The second-order valence-electron chi connectivity index (χ2n) is 5.44. The molecule has 2 N–H and O–H groups in total. The fraction of sp³-hybridized carbons (Fsp3) is 0.125. The number of amides is 2. The summed E-state index contributed by atoms with van der Waals surface area (Å²) in [5, 5.41) is 16.2. The van der Waals surface area contributed by atoms with E-state index in [1.54, 1.807) is 0 Å². The fourth-order valence-corrected chi connectivity index (χ4v) is 2.65. The summed E-state index contributed by atoms with van der Waals surface area (Å²) >= 11 is 0. The van der Waals surface area contributed by atoms with Crippen molar-refractivity contribution in [2.24, 2.45) is 0 Å². The van der Waals surface area contributed by atoms with E-state index in [1.807, 2.05) is 0 Å². The fourth-order valence-electron chi connectivity index (χ4n) is 2.65. The van der Waals surface area contributed by atoms with Crippen LogP contribution in [0.3, 0.4) is 0 Å². The summed E-state index contributed by atoms with van der Waals surface area (Å²) in [5.74, 6) is -2.56. The summed E-state index contributed by atoms with van der Waals surface area (Å²) in [5.41, 5.74) is 0.285. The van der Waals surface area contributed by atoms with Crippen molar-refractivity contribution in [2.75, 3.05) is 10.6 Å². The summed E-state index contributed by atoms with van der Waals surface area (Å²) in [6, 6.07) is 5.34. The van der Waals surface area contributed by atoms with Gasteiger partial charge >= 0.3 is 0 Å². The lowest BCUT2D eigenvalue weighted by atomic mass is 9.96. The first-order valence-electron chi connectivity index (χ1n) is 7.23. The molecular weight excluding hydrogens is 328 g/mol. The Morgan fingerprint density at radius 1 is 1.28 bits per heavy atom. The van der Waals surface area contributed by atoms with Crippen LogP contribution in [0.25, 0.3) is 0 Å². The molecule has 2 amide bonds. The Bertz CT molecular complexity index is 910. The van der Waals surface area contributed by atoms with Gasteiger partial charge in [0.2, 0.25) is 5.91 Å². The van der Waals surface area contributed by atoms with E-state index in [0.29, 0.717) is 5.56 Å². The summed E-state index contributed by atoms with van der Waals surface area (Å²) in [6.45, 7) is 1.26. The van der Waals surface area contributed by atoms with Gasteiger partial charge in [-0.2, -0.15) is 0 Å². The number of hydrogen-bond donors (Lipinski definition) is 2. The first-order valence-corrected chi connectivity index (χ1v) is 7.23. The Hall–Kier alpha value is -3.62. The summed E-state index contributed by atoms with van der Waals surface area (Å²) < 4.78 is 0. The van der Waals surface area contributed by atoms with Gasteiger partial charge < -0.3 is 10.6 Å². The summed E-state index contributed by atoms with van der Waals surface area (Å²) in [7, 11) is 0.